The van der Waals surface area contributed by atoms with Gasteiger partial charge in [-0.3, -0.25) is 9.48 Å². The summed E-state index contributed by atoms with van der Waals surface area (Å²) in [5.41, 5.74) is 1.44. The van der Waals surface area contributed by atoms with Crippen molar-refractivity contribution in [2.75, 3.05) is 26.2 Å². The molecule has 0 bridgehead atoms. The standard InChI is InChI=1S/C18H28N4O/c1-20-9-4-15(19-20)12-17(23)22-10-5-18(6-11-22)13-16(14-18)21-7-2-3-8-21/h4,9,16H,2-3,5-8,10-14H2,1H3. The molecular weight excluding hydrogens is 288 g/mol. The van der Waals surface area contributed by atoms with Crippen LogP contribution in [0.25, 0.3) is 0 Å². The van der Waals surface area contributed by atoms with Gasteiger partial charge in [0.05, 0.1) is 12.1 Å². The topological polar surface area (TPSA) is 41.4 Å². The zero-order valence-electron chi connectivity index (χ0n) is 14.2. The molecule has 0 atom stereocenters. The van der Waals surface area contributed by atoms with Crippen LogP contribution in [0.15, 0.2) is 12.3 Å². The number of aryl methyl sites for hydroxylation is 1. The van der Waals surface area contributed by atoms with Crippen molar-refractivity contribution in [3.63, 3.8) is 0 Å². The minimum Gasteiger partial charge on any atom is -0.342 e. The van der Waals surface area contributed by atoms with E-state index in [0.717, 1.165) is 24.8 Å². The van der Waals surface area contributed by atoms with Crippen LogP contribution in [-0.4, -0.2) is 57.7 Å². The van der Waals surface area contributed by atoms with E-state index in [-0.39, 0.29) is 5.91 Å². The van der Waals surface area contributed by atoms with Gasteiger partial charge in [-0.15, -0.1) is 0 Å². The summed E-state index contributed by atoms with van der Waals surface area (Å²) in [5, 5.41) is 4.32. The third-order valence-electron chi connectivity index (χ3n) is 6.27. The molecule has 0 radical (unpaired) electrons. The number of nitrogens with zero attached hydrogens (tertiary/aromatic N) is 4. The summed E-state index contributed by atoms with van der Waals surface area (Å²) in [7, 11) is 1.89. The minimum absolute atomic E-state index is 0.244. The maximum atomic E-state index is 12.4. The molecule has 126 valence electrons. The van der Waals surface area contributed by atoms with E-state index in [4.69, 9.17) is 0 Å². The molecule has 23 heavy (non-hydrogen) atoms. The number of amides is 1. The molecule has 2 saturated heterocycles. The van der Waals surface area contributed by atoms with Gasteiger partial charge in [0.2, 0.25) is 5.91 Å². The molecule has 3 fully saturated rings. The van der Waals surface area contributed by atoms with E-state index in [1.807, 2.05) is 19.3 Å². The molecule has 0 N–H and O–H groups in total. The molecule has 0 unspecified atom stereocenters. The number of piperidine rings is 1. The van der Waals surface area contributed by atoms with E-state index >= 15 is 0 Å². The summed E-state index contributed by atoms with van der Waals surface area (Å²) in [5.74, 6) is 0.244. The van der Waals surface area contributed by atoms with Gasteiger partial charge in [-0.25, -0.2) is 0 Å². The van der Waals surface area contributed by atoms with Gasteiger partial charge in [-0.1, -0.05) is 0 Å². The molecule has 3 heterocycles. The van der Waals surface area contributed by atoms with E-state index in [9.17, 15) is 4.79 Å². The van der Waals surface area contributed by atoms with Gasteiger partial charge in [0.1, 0.15) is 0 Å². The van der Waals surface area contributed by atoms with Crippen LogP contribution in [0.1, 0.15) is 44.2 Å². The number of carbonyl (C=O) groups excluding carboxylic acids is 1. The van der Waals surface area contributed by atoms with Crippen LogP contribution in [-0.2, 0) is 18.3 Å². The van der Waals surface area contributed by atoms with Crippen molar-refractivity contribution in [1.82, 2.24) is 19.6 Å². The van der Waals surface area contributed by atoms with Crippen molar-refractivity contribution in [2.45, 2.75) is 51.0 Å². The summed E-state index contributed by atoms with van der Waals surface area (Å²) in [4.78, 5) is 17.2. The number of rotatable bonds is 3. The average molecular weight is 316 g/mol. The Morgan fingerprint density at radius 1 is 1.22 bits per heavy atom. The Balaban J connectivity index is 1.25. The monoisotopic (exact) mass is 316 g/mol. The van der Waals surface area contributed by atoms with Crippen molar-refractivity contribution >= 4 is 5.91 Å². The Kier molecular flexibility index (Phi) is 3.92. The molecule has 1 aliphatic carbocycles. The van der Waals surface area contributed by atoms with Crippen LogP contribution >= 0.6 is 0 Å². The summed E-state index contributed by atoms with van der Waals surface area (Å²) in [6, 6.07) is 2.78. The Hall–Kier alpha value is -1.36. The second-order valence-corrected chi connectivity index (χ2v) is 7.84. The number of hydrogen-bond acceptors (Lipinski definition) is 3. The molecule has 5 nitrogen and oxygen atoms in total. The zero-order valence-corrected chi connectivity index (χ0v) is 14.2. The number of hydrogen-bond donors (Lipinski definition) is 0. The van der Waals surface area contributed by atoms with Gasteiger partial charge in [-0.05, 0) is 63.1 Å². The summed E-state index contributed by atoms with van der Waals surface area (Å²) >= 11 is 0. The first-order valence-corrected chi connectivity index (χ1v) is 9.14. The highest BCUT2D eigenvalue weighted by Gasteiger charge is 2.48. The normalized spacial score (nSPS) is 25.0. The molecule has 1 aromatic heterocycles. The lowest BCUT2D eigenvalue weighted by Gasteiger charge is -2.54. The van der Waals surface area contributed by atoms with E-state index < -0.39 is 0 Å². The third-order valence-corrected chi connectivity index (χ3v) is 6.27. The van der Waals surface area contributed by atoms with Gasteiger partial charge >= 0.3 is 0 Å². The first-order valence-electron chi connectivity index (χ1n) is 9.14. The molecule has 1 amide bonds. The van der Waals surface area contributed by atoms with Gasteiger partial charge < -0.3 is 9.80 Å². The fraction of sp³-hybridized carbons (Fsp3) is 0.778. The Morgan fingerprint density at radius 3 is 2.52 bits per heavy atom. The number of aromatic nitrogens is 2. The molecule has 1 saturated carbocycles. The molecular formula is C18H28N4O. The molecule has 3 aliphatic rings. The van der Waals surface area contributed by atoms with Crippen LogP contribution < -0.4 is 0 Å². The highest BCUT2D eigenvalue weighted by atomic mass is 16.2. The molecule has 1 spiro atoms. The smallest absolute Gasteiger partial charge is 0.228 e. The maximum Gasteiger partial charge on any atom is 0.228 e. The van der Waals surface area contributed by atoms with Crippen molar-refractivity contribution in [3.05, 3.63) is 18.0 Å². The Bertz CT molecular complexity index is 559. The quantitative estimate of drug-likeness (QED) is 0.854. The lowest BCUT2D eigenvalue weighted by molar-refractivity contribution is -0.135. The number of carbonyl (C=O) groups is 1. The van der Waals surface area contributed by atoms with Crippen molar-refractivity contribution < 1.29 is 4.79 Å². The number of likely N-dealkylation sites (tertiary alicyclic amines) is 2. The molecule has 2 aliphatic heterocycles. The van der Waals surface area contributed by atoms with Crippen LogP contribution in [0, 0.1) is 5.41 Å². The van der Waals surface area contributed by atoms with Crippen molar-refractivity contribution in [3.8, 4) is 0 Å². The Labute approximate surface area is 138 Å². The van der Waals surface area contributed by atoms with Crippen LogP contribution in [0.4, 0.5) is 0 Å². The van der Waals surface area contributed by atoms with Crippen molar-refractivity contribution in [2.24, 2.45) is 12.5 Å². The minimum atomic E-state index is 0.244. The molecule has 5 heteroatoms. The molecule has 1 aromatic rings. The maximum absolute atomic E-state index is 12.4. The predicted octanol–water partition coefficient (Wildman–Crippen LogP) is 1.83. The van der Waals surface area contributed by atoms with Crippen LogP contribution in [0.5, 0.6) is 0 Å². The van der Waals surface area contributed by atoms with E-state index in [1.165, 1.54) is 51.6 Å². The van der Waals surface area contributed by atoms with E-state index in [1.54, 1.807) is 4.68 Å². The third kappa shape index (κ3) is 3.03. The largest absolute Gasteiger partial charge is 0.342 e. The lowest BCUT2D eigenvalue weighted by atomic mass is 9.60. The van der Waals surface area contributed by atoms with E-state index in [0.29, 0.717) is 11.8 Å². The summed E-state index contributed by atoms with van der Waals surface area (Å²) in [6.07, 6.45) is 10.3. The summed E-state index contributed by atoms with van der Waals surface area (Å²) in [6.45, 7) is 4.52. The van der Waals surface area contributed by atoms with Crippen LogP contribution in [0.3, 0.4) is 0 Å². The first-order chi connectivity index (χ1) is 11.1. The Morgan fingerprint density at radius 2 is 1.91 bits per heavy atom. The van der Waals surface area contributed by atoms with Gasteiger partial charge in [0.15, 0.2) is 0 Å². The highest BCUT2D eigenvalue weighted by molar-refractivity contribution is 5.78. The first kappa shape index (κ1) is 15.2. The molecule has 4 rings (SSSR count). The second-order valence-electron chi connectivity index (χ2n) is 7.84. The van der Waals surface area contributed by atoms with E-state index in [2.05, 4.69) is 14.9 Å². The fourth-order valence-corrected chi connectivity index (χ4v) is 4.77. The fourth-order valence-electron chi connectivity index (χ4n) is 4.77. The zero-order chi connectivity index (χ0) is 15.9. The highest BCUT2D eigenvalue weighted by Crippen LogP contribution is 2.51. The van der Waals surface area contributed by atoms with Crippen molar-refractivity contribution in [1.29, 1.82) is 0 Å². The lowest BCUT2D eigenvalue weighted by Crippen LogP contribution is -2.55. The average Bonchev–Trinajstić information content (AvgIpc) is 3.17. The van der Waals surface area contributed by atoms with Gasteiger partial charge in [-0.2, -0.15) is 5.10 Å². The SMILES string of the molecule is Cn1ccc(CC(=O)N2CCC3(CC2)CC(N2CCCC2)C3)n1. The van der Waals surface area contributed by atoms with Gasteiger partial charge in [0, 0.05) is 32.4 Å². The predicted molar refractivity (Wildman–Crippen MR) is 89.0 cm³/mol. The van der Waals surface area contributed by atoms with Crippen LogP contribution in [0.2, 0.25) is 0 Å². The second kappa shape index (κ2) is 5.93. The molecule has 0 aromatic carbocycles. The summed E-state index contributed by atoms with van der Waals surface area (Å²) < 4.78 is 1.76. The van der Waals surface area contributed by atoms with Gasteiger partial charge in [0.25, 0.3) is 0 Å².